The van der Waals surface area contributed by atoms with Gasteiger partial charge >= 0.3 is 0 Å². The summed E-state index contributed by atoms with van der Waals surface area (Å²) in [6.07, 6.45) is 1.57. The van der Waals surface area contributed by atoms with Gasteiger partial charge in [0.25, 0.3) is 0 Å². The number of aromatic nitrogens is 1. The average Bonchev–Trinajstić information content (AvgIpc) is 2.52. The summed E-state index contributed by atoms with van der Waals surface area (Å²) in [4.78, 5) is 4.24. The lowest BCUT2D eigenvalue weighted by molar-refractivity contribution is 0.447. The fourth-order valence-electron chi connectivity index (χ4n) is 2.44. The molecule has 0 amide bonds. The molecular formula is C18H12F3N. The number of nitrogens with zero attached hydrogens (tertiary/aromatic N) is 1. The Morgan fingerprint density at radius 1 is 0.818 bits per heavy atom. The molecule has 1 heterocycles. The summed E-state index contributed by atoms with van der Waals surface area (Å²) in [6, 6.07) is 13.2. The highest BCUT2D eigenvalue weighted by atomic mass is 19.2. The van der Waals surface area contributed by atoms with Gasteiger partial charge in [-0.25, -0.2) is 13.2 Å². The van der Waals surface area contributed by atoms with E-state index in [2.05, 4.69) is 4.98 Å². The maximum Gasteiger partial charge on any atom is 0.194 e. The molecule has 0 spiro atoms. The first-order valence-corrected chi connectivity index (χ1v) is 6.74. The first-order chi connectivity index (χ1) is 10.6. The van der Waals surface area contributed by atoms with E-state index in [4.69, 9.17) is 0 Å². The maximum atomic E-state index is 13.5. The number of benzene rings is 2. The van der Waals surface area contributed by atoms with Gasteiger partial charge in [0, 0.05) is 17.3 Å². The van der Waals surface area contributed by atoms with Gasteiger partial charge in [-0.1, -0.05) is 30.3 Å². The van der Waals surface area contributed by atoms with E-state index in [1.165, 1.54) is 0 Å². The third-order valence-electron chi connectivity index (χ3n) is 3.48. The molecule has 3 aromatic rings. The van der Waals surface area contributed by atoms with E-state index in [9.17, 15) is 13.2 Å². The van der Waals surface area contributed by atoms with E-state index in [-0.39, 0.29) is 5.56 Å². The molecule has 0 fully saturated rings. The van der Waals surface area contributed by atoms with Crippen LogP contribution in [0.1, 0.15) is 5.56 Å². The highest BCUT2D eigenvalue weighted by Gasteiger charge is 2.16. The van der Waals surface area contributed by atoms with Crippen molar-refractivity contribution in [2.75, 3.05) is 0 Å². The van der Waals surface area contributed by atoms with Gasteiger partial charge in [0.2, 0.25) is 0 Å². The number of rotatable bonds is 2. The van der Waals surface area contributed by atoms with Gasteiger partial charge in [-0.15, -0.1) is 0 Å². The van der Waals surface area contributed by atoms with Crippen LogP contribution in [-0.2, 0) is 0 Å². The molecule has 1 aromatic heterocycles. The van der Waals surface area contributed by atoms with Crippen LogP contribution < -0.4 is 0 Å². The van der Waals surface area contributed by atoms with Crippen molar-refractivity contribution in [3.8, 4) is 22.4 Å². The van der Waals surface area contributed by atoms with Crippen LogP contribution in [0, 0.1) is 24.4 Å². The standard InChI is InChI=1S/C18H12F3N/c1-11-7-8-22-18(16(11)12-5-3-2-4-6-12)13-9-14(19)17(21)15(20)10-13/h2-10H,1H3. The predicted molar refractivity (Wildman–Crippen MR) is 79.7 cm³/mol. The van der Waals surface area contributed by atoms with Crippen molar-refractivity contribution in [2.24, 2.45) is 0 Å². The van der Waals surface area contributed by atoms with Crippen LogP contribution in [0.3, 0.4) is 0 Å². The van der Waals surface area contributed by atoms with Crippen molar-refractivity contribution in [3.63, 3.8) is 0 Å². The van der Waals surface area contributed by atoms with E-state index in [0.717, 1.165) is 28.8 Å². The number of hydrogen-bond acceptors (Lipinski definition) is 1. The first kappa shape index (κ1) is 14.3. The third kappa shape index (κ3) is 2.48. The number of pyridine rings is 1. The zero-order valence-electron chi connectivity index (χ0n) is 11.8. The number of hydrogen-bond donors (Lipinski definition) is 0. The van der Waals surface area contributed by atoms with Gasteiger partial charge in [-0.2, -0.15) is 0 Å². The average molecular weight is 299 g/mol. The molecule has 0 bridgehead atoms. The maximum absolute atomic E-state index is 13.5. The number of halogens is 3. The minimum atomic E-state index is -1.47. The molecule has 0 unspecified atom stereocenters. The summed E-state index contributed by atoms with van der Waals surface area (Å²) >= 11 is 0. The van der Waals surface area contributed by atoms with Crippen molar-refractivity contribution in [3.05, 3.63) is 77.7 Å². The molecule has 110 valence electrons. The molecule has 1 nitrogen and oxygen atoms in total. The van der Waals surface area contributed by atoms with Crippen LogP contribution >= 0.6 is 0 Å². The second kappa shape index (κ2) is 5.64. The molecule has 0 radical (unpaired) electrons. The number of aryl methyl sites for hydroxylation is 1. The summed E-state index contributed by atoms with van der Waals surface area (Å²) in [5.41, 5.74) is 3.20. The Hall–Kier alpha value is -2.62. The highest BCUT2D eigenvalue weighted by Crippen LogP contribution is 2.33. The zero-order valence-corrected chi connectivity index (χ0v) is 11.8. The second-order valence-electron chi connectivity index (χ2n) is 4.97. The summed E-state index contributed by atoms with van der Waals surface area (Å²) in [5.74, 6) is -3.92. The molecule has 3 rings (SSSR count). The predicted octanol–water partition coefficient (Wildman–Crippen LogP) is 5.14. The van der Waals surface area contributed by atoms with Crippen molar-refractivity contribution >= 4 is 0 Å². The fraction of sp³-hybridized carbons (Fsp3) is 0.0556. The molecule has 0 atom stereocenters. The van der Waals surface area contributed by atoms with Gasteiger partial charge in [-0.05, 0) is 36.2 Å². The van der Waals surface area contributed by atoms with Crippen LogP contribution in [0.15, 0.2) is 54.7 Å². The lowest BCUT2D eigenvalue weighted by atomic mass is 9.95. The Kier molecular flexibility index (Phi) is 3.67. The zero-order chi connectivity index (χ0) is 15.7. The monoisotopic (exact) mass is 299 g/mol. The van der Waals surface area contributed by atoms with Gasteiger partial charge < -0.3 is 0 Å². The summed E-state index contributed by atoms with van der Waals surface area (Å²) in [7, 11) is 0. The van der Waals surface area contributed by atoms with E-state index in [1.54, 1.807) is 6.20 Å². The smallest absolute Gasteiger partial charge is 0.194 e. The third-order valence-corrected chi connectivity index (χ3v) is 3.48. The second-order valence-corrected chi connectivity index (χ2v) is 4.97. The van der Waals surface area contributed by atoms with Crippen molar-refractivity contribution in [2.45, 2.75) is 6.92 Å². The van der Waals surface area contributed by atoms with E-state index in [0.29, 0.717) is 5.69 Å². The van der Waals surface area contributed by atoms with E-state index >= 15 is 0 Å². The largest absolute Gasteiger partial charge is 0.256 e. The molecule has 22 heavy (non-hydrogen) atoms. The van der Waals surface area contributed by atoms with Gasteiger partial charge in [-0.3, -0.25) is 4.98 Å². The van der Waals surface area contributed by atoms with Gasteiger partial charge in [0.15, 0.2) is 17.5 Å². The molecule has 0 aliphatic rings. The topological polar surface area (TPSA) is 12.9 Å². The van der Waals surface area contributed by atoms with E-state index in [1.807, 2.05) is 43.3 Å². The van der Waals surface area contributed by atoms with Gasteiger partial charge in [0.05, 0.1) is 5.69 Å². The summed E-state index contributed by atoms with van der Waals surface area (Å²) in [5, 5.41) is 0. The molecule has 0 saturated carbocycles. The highest BCUT2D eigenvalue weighted by molar-refractivity contribution is 5.82. The molecule has 0 N–H and O–H groups in total. The SMILES string of the molecule is Cc1ccnc(-c2cc(F)c(F)c(F)c2)c1-c1ccccc1. The quantitative estimate of drug-likeness (QED) is 0.597. The van der Waals surface area contributed by atoms with Crippen molar-refractivity contribution in [1.82, 2.24) is 4.98 Å². The summed E-state index contributed by atoms with van der Waals surface area (Å²) < 4.78 is 40.2. The fourth-order valence-corrected chi connectivity index (χ4v) is 2.44. The van der Waals surface area contributed by atoms with Crippen LogP contribution in [0.4, 0.5) is 13.2 Å². The lowest BCUT2D eigenvalue weighted by Gasteiger charge is -2.12. The lowest BCUT2D eigenvalue weighted by Crippen LogP contribution is -1.96. The first-order valence-electron chi connectivity index (χ1n) is 6.74. The molecular weight excluding hydrogens is 287 g/mol. The Bertz CT molecular complexity index is 806. The van der Waals surface area contributed by atoms with Gasteiger partial charge in [0.1, 0.15) is 0 Å². The minimum Gasteiger partial charge on any atom is -0.256 e. The Balaban J connectivity index is 2.27. The summed E-state index contributed by atoms with van der Waals surface area (Å²) in [6.45, 7) is 1.89. The van der Waals surface area contributed by atoms with Crippen LogP contribution in [0.2, 0.25) is 0 Å². The van der Waals surface area contributed by atoms with Crippen LogP contribution in [-0.4, -0.2) is 4.98 Å². The van der Waals surface area contributed by atoms with E-state index < -0.39 is 17.5 Å². The van der Waals surface area contributed by atoms with Crippen molar-refractivity contribution < 1.29 is 13.2 Å². The molecule has 2 aromatic carbocycles. The Morgan fingerprint density at radius 2 is 1.45 bits per heavy atom. The molecule has 0 aliphatic heterocycles. The molecule has 4 heteroatoms. The Labute approximate surface area is 126 Å². The molecule has 0 saturated heterocycles. The normalized spacial score (nSPS) is 10.7. The van der Waals surface area contributed by atoms with Crippen LogP contribution in [0.5, 0.6) is 0 Å². The van der Waals surface area contributed by atoms with Crippen LogP contribution in [0.25, 0.3) is 22.4 Å². The molecule has 0 aliphatic carbocycles. The minimum absolute atomic E-state index is 0.207. The van der Waals surface area contributed by atoms with Crippen molar-refractivity contribution in [1.29, 1.82) is 0 Å². The Morgan fingerprint density at radius 3 is 2.09 bits per heavy atom.